The average molecular weight is 163 g/mol. The van der Waals surface area contributed by atoms with Crippen LogP contribution >= 0.6 is 0 Å². The van der Waals surface area contributed by atoms with Gasteiger partial charge in [-0.2, -0.15) is 4.98 Å². The van der Waals surface area contributed by atoms with Crippen LogP contribution in [0.25, 0.3) is 11.2 Å². The van der Waals surface area contributed by atoms with Crippen LogP contribution in [0.4, 0.5) is 5.82 Å². The summed E-state index contributed by atoms with van der Waals surface area (Å²) in [4.78, 5) is 8.18. The molecule has 0 spiro atoms. The Balaban J connectivity index is 2.67. The van der Waals surface area contributed by atoms with Crippen LogP contribution in [0.15, 0.2) is 16.5 Å². The normalized spacial score (nSPS) is 10.8. The average Bonchev–Trinajstić information content (AvgIpc) is 2.46. The molecule has 4 heteroatoms. The molecule has 0 radical (unpaired) electrons. The van der Waals surface area contributed by atoms with Crippen molar-refractivity contribution in [1.82, 2.24) is 9.97 Å². The summed E-state index contributed by atoms with van der Waals surface area (Å²) in [6, 6.07) is 3.52. The number of nitrogens with zero attached hydrogens (tertiary/aromatic N) is 2. The lowest BCUT2D eigenvalue weighted by Gasteiger charge is -1.87. The lowest BCUT2D eigenvalue weighted by molar-refractivity contribution is 0.530. The van der Waals surface area contributed by atoms with Gasteiger partial charge in [0.05, 0.1) is 0 Å². The molecular formula is C8H9N3O. The summed E-state index contributed by atoms with van der Waals surface area (Å²) in [5.41, 5.74) is 6.76. The summed E-state index contributed by atoms with van der Waals surface area (Å²) in [7, 11) is 0. The third kappa shape index (κ3) is 1.01. The molecule has 0 amide bonds. The van der Waals surface area contributed by atoms with Crippen LogP contribution in [0, 0.1) is 0 Å². The van der Waals surface area contributed by atoms with Gasteiger partial charge in [-0.25, -0.2) is 4.98 Å². The molecule has 0 aliphatic heterocycles. The van der Waals surface area contributed by atoms with Gasteiger partial charge < -0.3 is 10.2 Å². The molecule has 4 nitrogen and oxygen atoms in total. The molecule has 0 saturated heterocycles. The van der Waals surface area contributed by atoms with E-state index in [0.29, 0.717) is 17.4 Å². The zero-order chi connectivity index (χ0) is 8.55. The van der Waals surface area contributed by atoms with E-state index in [4.69, 9.17) is 10.2 Å². The zero-order valence-electron chi connectivity index (χ0n) is 6.74. The number of anilines is 1. The maximum atomic E-state index is 5.48. The first kappa shape index (κ1) is 7.09. The van der Waals surface area contributed by atoms with E-state index in [0.717, 1.165) is 11.9 Å². The maximum absolute atomic E-state index is 5.48. The highest BCUT2D eigenvalue weighted by atomic mass is 16.4. The number of aryl methyl sites for hydroxylation is 1. The zero-order valence-corrected chi connectivity index (χ0v) is 6.74. The molecular weight excluding hydrogens is 154 g/mol. The number of rotatable bonds is 1. The van der Waals surface area contributed by atoms with Crippen LogP contribution < -0.4 is 5.73 Å². The minimum Gasteiger partial charge on any atom is -0.422 e. The van der Waals surface area contributed by atoms with Crippen molar-refractivity contribution in [2.24, 2.45) is 0 Å². The van der Waals surface area contributed by atoms with Crippen molar-refractivity contribution in [3.8, 4) is 0 Å². The molecule has 0 saturated carbocycles. The molecule has 0 atom stereocenters. The number of aromatic nitrogens is 2. The van der Waals surface area contributed by atoms with Gasteiger partial charge in [-0.1, -0.05) is 6.92 Å². The third-order valence-electron chi connectivity index (χ3n) is 1.62. The highest BCUT2D eigenvalue weighted by Crippen LogP contribution is 2.14. The predicted octanol–water partition coefficient (Wildman–Crippen LogP) is 1.37. The largest absolute Gasteiger partial charge is 0.422 e. The number of fused-ring (bicyclic) bond motifs is 1. The molecule has 2 aromatic heterocycles. The molecule has 0 unspecified atom stereocenters. The van der Waals surface area contributed by atoms with Crippen molar-refractivity contribution >= 4 is 17.0 Å². The molecule has 2 rings (SSSR count). The fourth-order valence-corrected chi connectivity index (χ4v) is 1.03. The Morgan fingerprint density at radius 2 is 2.25 bits per heavy atom. The first-order chi connectivity index (χ1) is 5.79. The Morgan fingerprint density at radius 3 is 3.00 bits per heavy atom. The quantitative estimate of drug-likeness (QED) is 0.689. The first-order valence-corrected chi connectivity index (χ1v) is 3.81. The SMILES string of the molecule is CCc1nc2ccc(N)nc2o1. The number of hydrogen-bond acceptors (Lipinski definition) is 4. The molecule has 2 heterocycles. The van der Waals surface area contributed by atoms with Gasteiger partial charge in [0.15, 0.2) is 5.89 Å². The standard InChI is InChI=1S/C8H9N3O/c1-2-7-10-5-3-4-6(9)11-8(5)12-7/h3-4H,2H2,1H3,(H2,9,11). The second-order valence-electron chi connectivity index (χ2n) is 2.52. The topological polar surface area (TPSA) is 64.9 Å². The molecule has 62 valence electrons. The van der Waals surface area contributed by atoms with Crippen molar-refractivity contribution in [3.63, 3.8) is 0 Å². The molecule has 0 aliphatic rings. The van der Waals surface area contributed by atoms with Crippen LogP contribution in [-0.2, 0) is 6.42 Å². The number of hydrogen-bond donors (Lipinski definition) is 1. The van der Waals surface area contributed by atoms with Gasteiger partial charge in [-0.05, 0) is 12.1 Å². The van der Waals surface area contributed by atoms with Gasteiger partial charge >= 0.3 is 0 Å². The van der Waals surface area contributed by atoms with Crippen molar-refractivity contribution in [1.29, 1.82) is 0 Å². The minimum absolute atomic E-state index is 0.460. The smallest absolute Gasteiger partial charge is 0.248 e. The Hall–Kier alpha value is -1.58. The maximum Gasteiger partial charge on any atom is 0.248 e. The molecule has 2 N–H and O–H groups in total. The molecule has 0 bridgehead atoms. The number of nitrogen functional groups attached to an aromatic ring is 1. The van der Waals surface area contributed by atoms with Gasteiger partial charge in [-0.3, -0.25) is 0 Å². The lowest BCUT2D eigenvalue weighted by atomic mass is 10.4. The van der Waals surface area contributed by atoms with Crippen LogP contribution in [0.2, 0.25) is 0 Å². The van der Waals surface area contributed by atoms with E-state index < -0.39 is 0 Å². The number of pyridine rings is 1. The molecule has 0 fully saturated rings. The monoisotopic (exact) mass is 163 g/mol. The fourth-order valence-electron chi connectivity index (χ4n) is 1.03. The van der Waals surface area contributed by atoms with Gasteiger partial charge in [0, 0.05) is 6.42 Å². The third-order valence-corrected chi connectivity index (χ3v) is 1.62. The Bertz CT molecular complexity index is 408. The van der Waals surface area contributed by atoms with Crippen molar-refractivity contribution in [2.75, 3.05) is 5.73 Å². The summed E-state index contributed by atoms with van der Waals surface area (Å²) >= 11 is 0. The minimum atomic E-state index is 0.460. The number of nitrogens with two attached hydrogens (primary N) is 1. The van der Waals surface area contributed by atoms with E-state index in [-0.39, 0.29) is 0 Å². The predicted molar refractivity (Wildman–Crippen MR) is 45.6 cm³/mol. The van der Waals surface area contributed by atoms with Crippen molar-refractivity contribution in [2.45, 2.75) is 13.3 Å². The lowest BCUT2D eigenvalue weighted by Crippen LogP contribution is -1.87. The van der Waals surface area contributed by atoms with Crippen molar-refractivity contribution in [3.05, 3.63) is 18.0 Å². The van der Waals surface area contributed by atoms with Gasteiger partial charge in [0.2, 0.25) is 5.71 Å². The fraction of sp³-hybridized carbons (Fsp3) is 0.250. The van der Waals surface area contributed by atoms with E-state index in [1.54, 1.807) is 12.1 Å². The Labute approximate surface area is 69.4 Å². The van der Waals surface area contributed by atoms with Gasteiger partial charge in [0.1, 0.15) is 11.3 Å². The molecule has 2 aromatic rings. The summed E-state index contributed by atoms with van der Waals surface area (Å²) in [6.45, 7) is 1.98. The van der Waals surface area contributed by atoms with Gasteiger partial charge in [0.25, 0.3) is 0 Å². The van der Waals surface area contributed by atoms with E-state index >= 15 is 0 Å². The Morgan fingerprint density at radius 1 is 1.42 bits per heavy atom. The molecule has 12 heavy (non-hydrogen) atoms. The number of oxazole rings is 1. The van der Waals surface area contributed by atoms with Crippen LogP contribution in [-0.4, -0.2) is 9.97 Å². The summed E-state index contributed by atoms with van der Waals surface area (Å²) < 4.78 is 5.30. The van der Waals surface area contributed by atoms with Gasteiger partial charge in [-0.15, -0.1) is 0 Å². The van der Waals surface area contributed by atoms with Crippen LogP contribution in [0.1, 0.15) is 12.8 Å². The van der Waals surface area contributed by atoms with E-state index in [9.17, 15) is 0 Å². The second-order valence-corrected chi connectivity index (χ2v) is 2.52. The summed E-state index contributed by atoms with van der Waals surface area (Å²) in [5, 5.41) is 0. The van der Waals surface area contributed by atoms with Crippen LogP contribution in [0.5, 0.6) is 0 Å². The molecule has 0 aromatic carbocycles. The second kappa shape index (κ2) is 2.48. The molecule has 0 aliphatic carbocycles. The Kier molecular flexibility index (Phi) is 1.46. The highest BCUT2D eigenvalue weighted by Gasteiger charge is 2.04. The first-order valence-electron chi connectivity index (χ1n) is 3.81. The summed E-state index contributed by atoms with van der Waals surface area (Å²) in [5.74, 6) is 1.16. The summed E-state index contributed by atoms with van der Waals surface area (Å²) in [6.07, 6.45) is 0.774. The highest BCUT2D eigenvalue weighted by molar-refractivity contribution is 5.69. The van der Waals surface area contributed by atoms with Crippen molar-refractivity contribution < 1.29 is 4.42 Å². The van der Waals surface area contributed by atoms with E-state index in [1.807, 2.05) is 6.92 Å². The van der Waals surface area contributed by atoms with E-state index in [2.05, 4.69) is 9.97 Å². The van der Waals surface area contributed by atoms with Crippen LogP contribution in [0.3, 0.4) is 0 Å². The van der Waals surface area contributed by atoms with E-state index in [1.165, 1.54) is 0 Å².